The highest BCUT2D eigenvalue weighted by Gasteiger charge is 2.06. The summed E-state index contributed by atoms with van der Waals surface area (Å²) in [5.74, 6) is 0.819. The van der Waals surface area contributed by atoms with Crippen LogP contribution in [0.2, 0.25) is 0 Å². The zero-order valence-electron chi connectivity index (χ0n) is 15.0. The molecule has 0 saturated carbocycles. The van der Waals surface area contributed by atoms with Gasteiger partial charge < -0.3 is 15.6 Å². The van der Waals surface area contributed by atoms with Gasteiger partial charge in [0, 0.05) is 34.9 Å². The van der Waals surface area contributed by atoms with Crippen molar-refractivity contribution in [3.05, 3.63) is 66.4 Å². The quantitative estimate of drug-likeness (QED) is 0.209. The van der Waals surface area contributed by atoms with E-state index in [-0.39, 0.29) is 24.0 Å². The molecule has 3 aromatic rings. The monoisotopic (exact) mass is 480 g/mol. The highest BCUT2D eigenvalue weighted by molar-refractivity contribution is 14.0. The Bertz CT molecular complexity index is 799. The minimum absolute atomic E-state index is 0. The normalized spacial score (nSPS) is 12.5. The van der Waals surface area contributed by atoms with E-state index in [0.717, 1.165) is 23.7 Å². The first-order valence-electron chi connectivity index (χ1n) is 8.47. The molecule has 138 valence electrons. The van der Waals surface area contributed by atoms with Crippen molar-refractivity contribution in [3.63, 3.8) is 0 Å². The Morgan fingerprint density at radius 3 is 2.54 bits per heavy atom. The fourth-order valence-electron chi connectivity index (χ4n) is 2.64. The van der Waals surface area contributed by atoms with E-state index in [9.17, 15) is 0 Å². The van der Waals surface area contributed by atoms with E-state index >= 15 is 0 Å². The minimum atomic E-state index is 0. The number of H-pyrrole nitrogens is 1. The number of thioether (sulfide) groups is 1. The number of para-hydroxylation sites is 1. The van der Waals surface area contributed by atoms with Crippen molar-refractivity contribution in [2.24, 2.45) is 4.99 Å². The van der Waals surface area contributed by atoms with Crippen LogP contribution < -0.4 is 10.6 Å². The molecular weight excluding hydrogens is 455 g/mol. The molecule has 1 aromatic heterocycles. The van der Waals surface area contributed by atoms with Gasteiger partial charge in [0.15, 0.2) is 5.96 Å². The van der Waals surface area contributed by atoms with E-state index in [1.54, 1.807) is 7.05 Å². The number of nitrogens with one attached hydrogen (secondary N) is 3. The van der Waals surface area contributed by atoms with Crippen molar-refractivity contribution in [3.8, 4) is 0 Å². The number of aromatic amines is 1. The smallest absolute Gasteiger partial charge is 0.191 e. The summed E-state index contributed by atoms with van der Waals surface area (Å²) in [5.41, 5.74) is 2.31. The van der Waals surface area contributed by atoms with E-state index in [4.69, 9.17) is 0 Å². The third-order valence-electron chi connectivity index (χ3n) is 3.89. The lowest BCUT2D eigenvalue weighted by Crippen LogP contribution is -2.39. The minimum Gasteiger partial charge on any atom is -0.357 e. The van der Waals surface area contributed by atoms with E-state index in [1.807, 2.05) is 23.9 Å². The van der Waals surface area contributed by atoms with Crippen molar-refractivity contribution < 1.29 is 0 Å². The van der Waals surface area contributed by atoms with Crippen molar-refractivity contribution in [1.82, 2.24) is 15.6 Å². The van der Waals surface area contributed by atoms with Crippen molar-refractivity contribution >= 4 is 52.6 Å². The predicted molar refractivity (Wildman–Crippen MR) is 124 cm³/mol. The second kappa shape index (κ2) is 10.5. The number of hydrogen-bond acceptors (Lipinski definition) is 2. The molecule has 0 spiro atoms. The lowest BCUT2D eigenvalue weighted by atomic mass is 10.2. The molecule has 0 amide bonds. The SMILES string of the molecule is CN=C(NCc1cc2ccccc2[nH]1)NCC(C)Sc1ccccc1.I. The molecule has 1 heterocycles. The summed E-state index contributed by atoms with van der Waals surface area (Å²) < 4.78 is 0. The molecule has 1 unspecified atom stereocenters. The zero-order valence-corrected chi connectivity index (χ0v) is 18.2. The Balaban J connectivity index is 0.00000243. The van der Waals surface area contributed by atoms with Gasteiger partial charge in [-0.15, -0.1) is 35.7 Å². The number of aliphatic imine (C=N–C) groups is 1. The maximum absolute atomic E-state index is 4.31. The van der Waals surface area contributed by atoms with Crippen LogP contribution in [-0.4, -0.2) is 29.8 Å². The molecular formula is C20H25IN4S. The third kappa shape index (κ3) is 5.95. The fraction of sp³-hybridized carbons (Fsp3) is 0.250. The summed E-state index contributed by atoms with van der Waals surface area (Å²) >= 11 is 1.86. The number of benzene rings is 2. The first-order chi connectivity index (χ1) is 12.2. The molecule has 0 radical (unpaired) electrons. The molecule has 2 aromatic carbocycles. The van der Waals surface area contributed by atoms with Crippen LogP contribution in [-0.2, 0) is 6.54 Å². The molecule has 3 rings (SSSR count). The summed E-state index contributed by atoms with van der Waals surface area (Å²) in [4.78, 5) is 9.02. The molecule has 6 heteroatoms. The molecule has 0 saturated heterocycles. The maximum atomic E-state index is 4.31. The Morgan fingerprint density at radius 2 is 1.81 bits per heavy atom. The zero-order chi connectivity index (χ0) is 17.5. The molecule has 3 N–H and O–H groups in total. The summed E-state index contributed by atoms with van der Waals surface area (Å²) in [5, 5.41) is 8.45. The predicted octanol–water partition coefficient (Wildman–Crippen LogP) is 4.63. The van der Waals surface area contributed by atoms with E-state index in [2.05, 4.69) is 76.1 Å². The number of hydrogen-bond donors (Lipinski definition) is 3. The van der Waals surface area contributed by atoms with Gasteiger partial charge in [0.25, 0.3) is 0 Å². The molecule has 4 nitrogen and oxygen atoms in total. The largest absolute Gasteiger partial charge is 0.357 e. The molecule has 0 aliphatic carbocycles. The topological polar surface area (TPSA) is 52.2 Å². The number of guanidine groups is 1. The lowest BCUT2D eigenvalue weighted by Gasteiger charge is -2.15. The van der Waals surface area contributed by atoms with Crippen LogP contribution in [0, 0.1) is 0 Å². The Hall–Kier alpha value is -1.67. The van der Waals surface area contributed by atoms with Gasteiger partial charge in [0.05, 0.1) is 6.54 Å². The first kappa shape index (κ1) is 20.6. The number of rotatable bonds is 6. The van der Waals surface area contributed by atoms with Crippen LogP contribution in [0.5, 0.6) is 0 Å². The van der Waals surface area contributed by atoms with Crippen molar-refractivity contribution in [2.45, 2.75) is 23.6 Å². The van der Waals surface area contributed by atoms with E-state index in [1.165, 1.54) is 10.3 Å². The second-order valence-electron chi connectivity index (χ2n) is 5.93. The Morgan fingerprint density at radius 1 is 1.08 bits per heavy atom. The fourth-order valence-corrected chi connectivity index (χ4v) is 3.59. The maximum Gasteiger partial charge on any atom is 0.191 e. The number of fused-ring (bicyclic) bond motifs is 1. The molecule has 1 atom stereocenters. The summed E-state index contributed by atoms with van der Waals surface area (Å²) in [7, 11) is 1.80. The van der Waals surface area contributed by atoms with Gasteiger partial charge in [-0.1, -0.05) is 43.3 Å². The Kier molecular flexibility index (Phi) is 8.31. The number of nitrogens with zero attached hydrogens (tertiary/aromatic N) is 1. The summed E-state index contributed by atoms with van der Waals surface area (Å²) in [6.07, 6.45) is 0. The second-order valence-corrected chi connectivity index (χ2v) is 7.44. The summed E-state index contributed by atoms with van der Waals surface area (Å²) in [6, 6.07) is 21.0. The van der Waals surface area contributed by atoms with Crippen LogP contribution >= 0.6 is 35.7 Å². The Labute approximate surface area is 176 Å². The van der Waals surface area contributed by atoms with Crippen molar-refractivity contribution in [2.75, 3.05) is 13.6 Å². The summed E-state index contributed by atoms with van der Waals surface area (Å²) in [6.45, 7) is 3.79. The molecule has 0 bridgehead atoms. The van der Waals surface area contributed by atoms with E-state index in [0.29, 0.717) is 11.8 Å². The lowest BCUT2D eigenvalue weighted by molar-refractivity contribution is 0.783. The molecule has 0 aliphatic heterocycles. The highest BCUT2D eigenvalue weighted by Crippen LogP contribution is 2.21. The van der Waals surface area contributed by atoms with Gasteiger partial charge in [-0.05, 0) is 29.7 Å². The van der Waals surface area contributed by atoms with Gasteiger partial charge >= 0.3 is 0 Å². The van der Waals surface area contributed by atoms with Crippen LogP contribution in [0.15, 0.2) is 70.6 Å². The van der Waals surface area contributed by atoms with Gasteiger partial charge in [-0.25, -0.2) is 0 Å². The van der Waals surface area contributed by atoms with Gasteiger partial charge in [0.2, 0.25) is 0 Å². The van der Waals surface area contributed by atoms with E-state index < -0.39 is 0 Å². The van der Waals surface area contributed by atoms with Gasteiger partial charge in [-0.2, -0.15) is 0 Å². The van der Waals surface area contributed by atoms with Gasteiger partial charge in [-0.3, -0.25) is 4.99 Å². The molecule has 0 fully saturated rings. The first-order valence-corrected chi connectivity index (χ1v) is 9.35. The molecule has 0 aliphatic rings. The van der Waals surface area contributed by atoms with Crippen LogP contribution in [0.3, 0.4) is 0 Å². The van der Waals surface area contributed by atoms with Crippen LogP contribution in [0.25, 0.3) is 10.9 Å². The van der Waals surface area contributed by atoms with Crippen LogP contribution in [0.1, 0.15) is 12.6 Å². The average Bonchev–Trinajstić information content (AvgIpc) is 3.05. The van der Waals surface area contributed by atoms with Gasteiger partial charge in [0.1, 0.15) is 0 Å². The van der Waals surface area contributed by atoms with Crippen LogP contribution in [0.4, 0.5) is 0 Å². The number of aromatic nitrogens is 1. The third-order valence-corrected chi connectivity index (χ3v) is 5.01. The average molecular weight is 480 g/mol. The standard InChI is InChI=1S/C20H24N4S.HI/c1-15(25-18-9-4-3-5-10-18)13-22-20(21-2)23-14-17-12-16-8-6-7-11-19(16)24-17;/h3-12,15,24H,13-14H2,1-2H3,(H2,21,22,23);1H. The number of halogens is 1. The molecule has 26 heavy (non-hydrogen) atoms. The van der Waals surface area contributed by atoms with Crippen molar-refractivity contribution in [1.29, 1.82) is 0 Å². The highest BCUT2D eigenvalue weighted by atomic mass is 127.